The van der Waals surface area contributed by atoms with Gasteiger partial charge in [0.25, 0.3) is 0 Å². The van der Waals surface area contributed by atoms with Crippen LogP contribution in [0.25, 0.3) is 0 Å². The second-order valence-electron chi connectivity index (χ2n) is 3.45. The summed E-state index contributed by atoms with van der Waals surface area (Å²) in [4.78, 5) is 7.25. The summed E-state index contributed by atoms with van der Waals surface area (Å²) in [6.45, 7) is 0. The summed E-state index contributed by atoms with van der Waals surface area (Å²) in [5.41, 5.74) is 0.162. The van der Waals surface area contributed by atoms with Gasteiger partial charge >= 0.3 is 0 Å². The molecule has 94 valence electrons. The molecule has 0 spiro atoms. The third kappa shape index (κ3) is 2.73. The zero-order valence-corrected chi connectivity index (χ0v) is 10.2. The maximum atomic E-state index is 13.4. The number of aromatic nitrogens is 2. The average Bonchev–Trinajstić information content (AvgIpc) is 2.29. The van der Waals surface area contributed by atoms with Crippen LogP contribution in [0.4, 0.5) is 13.2 Å². The lowest BCUT2D eigenvalue weighted by Crippen LogP contribution is -2.02. The molecule has 0 N–H and O–H groups in total. The lowest BCUT2D eigenvalue weighted by molar-refractivity contribution is 0.572. The van der Waals surface area contributed by atoms with Crippen LogP contribution in [0, 0.1) is 17.5 Å². The summed E-state index contributed by atoms with van der Waals surface area (Å²) in [5.74, 6) is -2.30. The average molecular weight is 293 g/mol. The molecule has 1 aromatic heterocycles. The van der Waals surface area contributed by atoms with Crippen molar-refractivity contribution in [2.24, 2.45) is 0 Å². The Balaban J connectivity index is 2.34. The van der Waals surface area contributed by atoms with Gasteiger partial charge in [0.15, 0.2) is 16.1 Å². The van der Waals surface area contributed by atoms with Gasteiger partial charge in [-0.2, -0.15) is 0 Å². The molecule has 0 amide bonds. The van der Waals surface area contributed by atoms with Crippen molar-refractivity contribution in [2.75, 3.05) is 0 Å². The Morgan fingerprint density at radius 2 is 1.61 bits per heavy atom. The Labute approximate surface area is 110 Å². The fourth-order valence-corrected chi connectivity index (χ4v) is 1.77. The maximum Gasteiger partial charge on any atom is 0.197 e. The minimum Gasteiger partial charge on any atom is -0.218 e. The molecule has 2 aromatic rings. The summed E-state index contributed by atoms with van der Waals surface area (Å²) in [7, 11) is 0. The van der Waals surface area contributed by atoms with E-state index in [1.54, 1.807) is 0 Å². The lowest BCUT2D eigenvalue weighted by atomic mass is 10.1. The molecule has 7 heteroatoms. The van der Waals surface area contributed by atoms with Crippen LogP contribution < -0.4 is 0 Å². The van der Waals surface area contributed by atoms with Crippen LogP contribution in [-0.4, -0.2) is 9.97 Å². The highest BCUT2D eigenvalue weighted by atomic mass is 35.5. The number of hydrogen-bond acceptors (Lipinski definition) is 2. The molecule has 2 nitrogen and oxygen atoms in total. The predicted molar refractivity (Wildman–Crippen MR) is 61.2 cm³/mol. The first kappa shape index (κ1) is 13.1. The van der Waals surface area contributed by atoms with E-state index in [4.69, 9.17) is 23.2 Å². The van der Waals surface area contributed by atoms with E-state index in [9.17, 15) is 13.2 Å². The van der Waals surface area contributed by atoms with E-state index >= 15 is 0 Å². The van der Waals surface area contributed by atoms with Gasteiger partial charge in [-0.05, 0) is 11.6 Å². The molecular formula is C11H5Cl2F3N2. The van der Waals surface area contributed by atoms with E-state index in [0.29, 0.717) is 0 Å². The van der Waals surface area contributed by atoms with Gasteiger partial charge < -0.3 is 0 Å². The fourth-order valence-electron chi connectivity index (χ4n) is 1.35. The summed E-state index contributed by atoms with van der Waals surface area (Å²) in [5, 5.41) is -0.875. The van der Waals surface area contributed by atoms with Gasteiger partial charge in [0.2, 0.25) is 0 Å². The number of benzene rings is 1. The zero-order valence-electron chi connectivity index (χ0n) is 8.72. The van der Waals surface area contributed by atoms with E-state index in [2.05, 4.69) is 9.97 Å². The molecule has 0 aliphatic heterocycles. The molecular weight excluding hydrogens is 288 g/mol. The third-order valence-corrected chi connectivity index (χ3v) is 2.68. The van der Waals surface area contributed by atoms with Gasteiger partial charge in [-0.1, -0.05) is 29.3 Å². The van der Waals surface area contributed by atoms with Crippen LogP contribution in [0.2, 0.25) is 10.3 Å². The van der Waals surface area contributed by atoms with Crippen molar-refractivity contribution in [2.45, 2.75) is 6.42 Å². The summed E-state index contributed by atoms with van der Waals surface area (Å²) in [6, 6.07) is 3.09. The van der Waals surface area contributed by atoms with Crippen molar-refractivity contribution in [3.63, 3.8) is 0 Å². The standard InChI is InChI=1S/C11H5Cl2F3N2/c12-10-9(16)11(13)18-8(17-10)3-5-1-2-6(14)4-7(5)15/h1-2,4H,3H2. The first-order valence-electron chi connectivity index (χ1n) is 4.78. The Bertz CT molecular complexity index is 582. The highest BCUT2D eigenvalue weighted by Gasteiger charge is 2.13. The molecule has 0 aliphatic rings. The summed E-state index contributed by atoms with van der Waals surface area (Å²) >= 11 is 11.0. The van der Waals surface area contributed by atoms with Crippen molar-refractivity contribution < 1.29 is 13.2 Å². The molecule has 1 aromatic carbocycles. The molecule has 0 fully saturated rings. The summed E-state index contributed by atoms with van der Waals surface area (Å²) < 4.78 is 39.2. The number of halogens is 5. The quantitative estimate of drug-likeness (QED) is 0.787. The van der Waals surface area contributed by atoms with Gasteiger partial charge in [0, 0.05) is 12.5 Å². The SMILES string of the molecule is Fc1ccc(Cc2nc(Cl)c(F)c(Cl)n2)c(F)c1. The molecule has 0 unspecified atom stereocenters. The van der Waals surface area contributed by atoms with Gasteiger partial charge in [-0.25, -0.2) is 23.1 Å². The molecule has 0 atom stereocenters. The third-order valence-electron chi connectivity index (χ3n) is 2.18. The van der Waals surface area contributed by atoms with Crippen molar-refractivity contribution in [1.82, 2.24) is 9.97 Å². The number of hydrogen-bond donors (Lipinski definition) is 0. The van der Waals surface area contributed by atoms with Gasteiger partial charge in [0.1, 0.15) is 17.5 Å². The first-order chi connectivity index (χ1) is 8.47. The minimum absolute atomic E-state index is 0.0527. The highest BCUT2D eigenvalue weighted by molar-refractivity contribution is 6.33. The van der Waals surface area contributed by atoms with Crippen molar-refractivity contribution in [1.29, 1.82) is 0 Å². The smallest absolute Gasteiger partial charge is 0.197 e. The van der Waals surface area contributed by atoms with Crippen LogP contribution in [0.5, 0.6) is 0 Å². The second-order valence-corrected chi connectivity index (χ2v) is 4.16. The molecule has 1 heterocycles. The Morgan fingerprint density at radius 3 is 2.17 bits per heavy atom. The molecule has 0 radical (unpaired) electrons. The van der Waals surface area contributed by atoms with Crippen LogP contribution >= 0.6 is 23.2 Å². The summed E-state index contributed by atoms with van der Waals surface area (Å²) in [6.07, 6.45) is -0.0637. The molecule has 0 saturated heterocycles. The maximum absolute atomic E-state index is 13.4. The van der Waals surface area contributed by atoms with E-state index in [-0.39, 0.29) is 17.8 Å². The van der Waals surface area contributed by atoms with E-state index < -0.39 is 27.8 Å². The zero-order chi connectivity index (χ0) is 13.3. The fraction of sp³-hybridized carbons (Fsp3) is 0.0909. The van der Waals surface area contributed by atoms with Crippen LogP contribution in [0.3, 0.4) is 0 Å². The minimum atomic E-state index is -0.929. The Hall–Kier alpha value is -1.33. The monoisotopic (exact) mass is 292 g/mol. The van der Waals surface area contributed by atoms with Crippen LogP contribution in [-0.2, 0) is 6.42 Å². The van der Waals surface area contributed by atoms with Crippen molar-refractivity contribution in [3.8, 4) is 0 Å². The van der Waals surface area contributed by atoms with Crippen LogP contribution in [0.15, 0.2) is 18.2 Å². The number of nitrogens with zero attached hydrogens (tertiary/aromatic N) is 2. The first-order valence-corrected chi connectivity index (χ1v) is 5.54. The molecule has 0 aliphatic carbocycles. The topological polar surface area (TPSA) is 25.8 Å². The van der Waals surface area contributed by atoms with Crippen LogP contribution in [0.1, 0.15) is 11.4 Å². The van der Waals surface area contributed by atoms with Crippen molar-refractivity contribution >= 4 is 23.2 Å². The normalized spacial score (nSPS) is 10.7. The molecule has 0 saturated carbocycles. The molecule has 2 rings (SSSR count). The van der Waals surface area contributed by atoms with Crippen molar-refractivity contribution in [3.05, 3.63) is 57.3 Å². The second kappa shape index (κ2) is 5.12. The largest absolute Gasteiger partial charge is 0.218 e. The van der Waals surface area contributed by atoms with Gasteiger partial charge in [-0.3, -0.25) is 0 Å². The Kier molecular flexibility index (Phi) is 3.73. The van der Waals surface area contributed by atoms with Gasteiger partial charge in [0.05, 0.1) is 0 Å². The number of rotatable bonds is 2. The molecule has 0 bridgehead atoms. The van der Waals surface area contributed by atoms with Gasteiger partial charge in [-0.15, -0.1) is 0 Å². The Morgan fingerprint density at radius 1 is 1.00 bits per heavy atom. The van der Waals surface area contributed by atoms with E-state index in [1.165, 1.54) is 6.07 Å². The highest BCUT2D eigenvalue weighted by Crippen LogP contribution is 2.20. The predicted octanol–water partition coefficient (Wildman–Crippen LogP) is 3.79. The lowest BCUT2D eigenvalue weighted by Gasteiger charge is -2.04. The molecule has 18 heavy (non-hydrogen) atoms. The van der Waals surface area contributed by atoms with E-state index in [0.717, 1.165) is 12.1 Å². The van der Waals surface area contributed by atoms with E-state index in [1.807, 2.05) is 0 Å².